The van der Waals surface area contributed by atoms with Gasteiger partial charge in [0.2, 0.25) is 0 Å². The van der Waals surface area contributed by atoms with Gasteiger partial charge < -0.3 is 5.48 Å². The van der Waals surface area contributed by atoms with Crippen molar-refractivity contribution in [2.45, 2.75) is 53.4 Å². The molecule has 267 valence electrons. The number of hydrogen-bond donors (Lipinski definition) is 0. The minimum absolute atomic E-state index is 0. The monoisotopic (exact) mass is 839 g/mol. The van der Waals surface area contributed by atoms with Crippen molar-refractivity contribution < 1.29 is 44.5 Å². The molecular formula is C42H37InN8NaO3. The third kappa shape index (κ3) is 5.96. The first-order valence-corrected chi connectivity index (χ1v) is 21.3. The molecule has 6 aromatic rings. The average Bonchev–Trinajstić information content (AvgIpc) is 3.88. The smallest absolute Gasteiger partial charge is 0.412 e. The SMILES string of the molecule is CCCCOc1ccc(C)c2c1C1=NC2=Nc2c3c[c-]ccc3c3[n]2[In][n]2c(c4ccccc4c2=NC2=NC(=N3)c3c(C)ccc(OCCCC)c32)=N1.O.[Na+]. The number of aromatic nitrogens is 2. The Morgan fingerprint density at radius 2 is 1.09 bits per heavy atom. The summed E-state index contributed by atoms with van der Waals surface area (Å²) in [5, 5.41) is 3.97. The van der Waals surface area contributed by atoms with Gasteiger partial charge in [0.25, 0.3) is 0 Å². The molecule has 0 amide bonds. The fraction of sp³-hybridized carbons (Fsp3) is 0.238. The van der Waals surface area contributed by atoms with E-state index in [1.54, 1.807) is 0 Å². The maximum absolute atomic E-state index is 6.44. The molecule has 2 N–H and O–H groups in total. The van der Waals surface area contributed by atoms with Gasteiger partial charge >= 0.3 is 349 Å². The van der Waals surface area contributed by atoms with Crippen molar-refractivity contribution in [3.05, 3.63) is 117 Å². The van der Waals surface area contributed by atoms with E-state index in [9.17, 15) is 0 Å². The molecule has 4 aliphatic heterocycles. The molecule has 1 radical (unpaired) electrons. The average molecular weight is 840 g/mol. The Morgan fingerprint density at radius 1 is 0.582 bits per heavy atom. The second-order valence-corrected chi connectivity index (χ2v) is 17.4. The first-order chi connectivity index (χ1) is 26.0. The summed E-state index contributed by atoms with van der Waals surface area (Å²) in [4.78, 5) is 32.3. The number of amidine groups is 4. The fourth-order valence-electron chi connectivity index (χ4n) is 7.63. The Balaban J connectivity index is 0.00000214. The van der Waals surface area contributed by atoms with Crippen LogP contribution in [0.5, 0.6) is 11.5 Å². The van der Waals surface area contributed by atoms with E-state index >= 15 is 0 Å². The van der Waals surface area contributed by atoms with Crippen LogP contribution in [-0.2, 0) is 0 Å². The topological polar surface area (TPSA) is 134 Å². The second-order valence-electron chi connectivity index (χ2n) is 13.8. The molecule has 0 fully saturated rings. The van der Waals surface area contributed by atoms with E-state index in [1.807, 2.05) is 24.3 Å². The fourth-order valence-corrected chi connectivity index (χ4v) is 11.8. The first kappa shape index (κ1) is 37.6. The van der Waals surface area contributed by atoms with E-state index in [4.69, 9.17) is 39.4 Å². The van der Waals surface area contributed by atoms with Crippen LogP contribution in [0.1, 0.15) is 72.9 Å². The van der Waals surface area contributed by atoms with Crippen molar-refractivity contribution in [2.75, 3.05) is 13.2 Å². The molecule has 2 aromatic heterocycles. The van der Waals surface area contributed by atoms with Crippen LogP contribution in [0.3, 0.4) is 0 Å². The first-order valence-electron chi connectivity index (χ1n) is 18.4. The van der Waals surface area contributed by atoms with Gasteiger partial charge in [-0.3, -0.25) is 0 Å². The molecule has 0 spiro atoms. The molecule has 4 aliphatic rings. The molecule has 6 heterocycles. The van der Waals surface area contributed by atoms with Crippen molar-refractivity contribution in [1.29, 1.82) is 0 Å². The maximum atomic E-state index is 6.44. The number of aliphatic imine (C=N–C) groups is 4. The number of aryl methyl sites for hydroxylation is 2. The number of rotatable bonds is 8. The minimum Gasteiger partial charge on any atom is -0.412 e. The van der Waals surface area contributed by atoms with E-state index in [0.717, 1.165) is 115 Å². The Morgan fingerprint density at radius 3 is 1.62 bits per heavy atom. The van der Waals surface area contributed by atoms with Gasteiger partial charge in [-0.15, -0.1) is 0 Å². The molecule has 13 heteroatoms. The van der Waals surface area contributed by atoms with Gasteiger partial charge in [-0.05, 0) is 0 Å². The van der Waals surface area contributed by atoms with Crippen LogP contribution in [0, 0.1) is 19.9 Å². The van der Waals surface area contributed by atoms with E-state index in [1.165, 1.54) is 0 Å². The van der Waals surface area contributed by atoms with Gasteiger partial charge in [0.05, 0.1) is 0 Å². The van der Waals surface area contributed by atoms with Crippen molar-refractivity contribution in [1.82, 2.24) is 5.11 Å². The Labute approximate surface area is 352 Å². The Bertz CT molecular complexity index is 2650. The summed E-state index contributed by atoms with van der Waals surface area (Å²) in [6.45, 7) is 9.78. The quantitative estimate of drug-likeness (QED) is 0.132. The normalized spacial score (nSPS) is 14.1. The molecule has 0 saturated heterocycles. The number of unbranched alkanes of at least 4 members (excludes halogenated alkanes) is 2. The molecule has 4 aromatic carbocycles. The molecule has 55 heavy (non-hydrogen) atoms. The number of ether oxygens (including phenoxy) is 2. The molecule has 0 unspecified atom stereocenters. The number of benzene rings is 4. The van der Waals surface area contributed by atoms with E-state index in [0.29, 0.717) is 36.6 Å². The predicted octanol–water partition coefficient (Wildman–Crippen LogP) is 3.42. The van der Waals surface area contributed by atoms with Crippen LogP contribution in [-0.4, -0.2) is 70.6 Å². The van der Waals surface area contributed by atoms with E-state index in [2.05, 4.69) is 81.3 Å². The Hall–Kier alpha value is -4.33. The largest absolute Gasteiger partial charge is 1.00 e. The Kier molecular flexibility index (Phi) is 10.2. The summed E-state index contributed by atoms with van der Waals surface area (Å²) in [5.41, 5.74) is 7.44. The van der Waals surface area contributed by atoms with Crippen LogP contribution in [0.15, 0.2) is 96.7 Å². The van der Waals surface area contributed by atoms with Gasteiger partial charge in [-0.1, -0.05) is 0 Å². The van der Waals surface area contributed by atoms with Crippen molar-refractivity contribution in [3.8, 4) is 11.5 Å². The van der Waals surface area contributed by atoms with Crippen LogP contribution >= 0.6 is 0 Å². The predicted molar refractivity (Wildman–Crippen MR) is 214 cm³/mol. The molecule has 11 nitrogen and oxygen atoms in total. The summed E-state index contributed by atoms with van der Waals surface area (Å²) in [6.07, 6.45) is 4.00. The molecule has 6 bridgehead atoms. The van der Waals surface area contributed by atoms with Gasteiger partial charge in [-0.25, -0.2) is 0 Å². The summed E-state index contributed by atoms with van der Waals surface area (Å²) >= 11 is -2.17. The van der Waals surface area contributed by atoms with Gasteiger partial charge in [0, 0.05) is 0 Å². The van der Waals surface area contributed by atoms with Crippen LogP contribution < -0.4 is 50.0 Å². The standard InChI is InChI=1S/C42H35N8O2.In.Na.H2O/c1-5-7-21-51-29-19-17-23(3)31-33(29)41-47-37-27-15-11-12-16-28(27)38(44-37)48-42-34-30(52-22-8-6-2)20-18-24(4)32(34)40(50-42)46-36-26-14-10-9-13-25(26)35(43-36)45-39(31)49-41;;;/h9,11-20H,5-8,21-22H2,1-4H3;;;1H2/q-3;+2;+1;. The number of fused-ring (bicyclic) bond motifs is 14. The summed E-state index contributed by atoms with van der Waals surface area (Å²) in [5.74, 6) is 5.64. The summed E-state index contributed by atoms with van der Waals surface area (Å²) in [7, 11) is 0. The molecular weight excluding hydrogens is 802 g/mol. The van der Waals surface area contributed by atoms with E-state index < -0.39 is 23.5 Å². The van der Waals surface area contributed by atoms with Crippen molar-refractivity contribution in [2.24, 2.45) is 30.0 Å². The molecule has 0 aliphatic carbocycles. The van der Waals surface area contributed by atoms with Crippen LogP contribution in [0.4, 0.5) is 11.6 Å². The van der Waals surface area contributed by atoms with Crippen molar-refractivity contribution in [3.63, 3.8) is 0 Å². The molecule has 10 rings (SSSR count). The summed E-state index contributed by atoms with van der Waals surface area (Å²) < 4.78 is 17.6. The molecule has 0 atom stereocenters. The van der Waals surface area contributed by atoms with Gasteiger partial charge in [0.1, 0.15) is 0 Å². The zero-order chi connectivity index (χ0) is 35.8. The van der Waals surface area contributed by atoms with Crippen molar-refractivity contribution >= 4 is 80.0 Å². The van der Waals surface area contributed by atoms with E-state index in [-0.39, 0.29) is 35.0 Å². The van der Waals surface area contributed by atoms with Crippen LogP contribution in [0.25, 0.3) is 21.5 Å². The zero-order valence-electron chi connectivity index (χ0n) is 31.6. The van der Waals surface area contributed by atoms with Gasteiger partial charge in [-0.2, -0.15) is 0 Å². The second kappa shape index (κ2) is 15.0. The third-order valence-corrected chi connectivity index (χ3v) is 14.4. The zero-order valence-corrected chi connectivity index (χ0v) is 36.9. The van der Waals surface area contributed by atoms with Crippen LogP contribution in [0.2, 0.25) is 0 Å². The minimum atomic E-state index is -2.17. The number of nitrogens with zero attached hydrogens (tertiary/aromatic N) is 8. The summed E-state index contributed by atoms with van der Waals surface area (Å²) in [6, 6.07) is 26.1. The number of hydrogen-bond acceptors (Lipinski definition) is 8. The molecule has 0 saturated carbocycles. The van der Waals surface area contributed by atoms with Gasteiger partial charge in [0.15, 0.2) is 0 Å². The maximum Gasteiger partial charge on any atom is 1.00 e. The third-order valence-electron chi connectivity index (χ3n) is 10.3.